The molecule has 2 N–H and O–H groups in total. The number of aryl methyl sites for hydroxylation is 1. The molecule has 2 atom stereocenters. The van der Waals surface area contributed by atoms with Crippen LogP contribution < -0.4 is 5.14 Å². The molecule has 0 saturated heterocycles. The topological polar surface area (TPSA) is 85.9 Å². The molecule has 15 heavy (non-hydrogen) atoms. The normalized spacial score (nSPS) is 16.0. The lowest BCUT2D eigenvalue weighted by atomic mass is 10.1. The number of sulfonamides is 1. The first-order valence-electron chi connectivity index (χ1n) is 4.62. The number of nitrogens with two attached hydrogens (primary N) is 1. The maximum absolute atomic E-state index is 11.1. The number of aromatic nitrogens is 2. The second-order valence-corrected chi connectivity index (χ2v) is 5.59. The molecular weight excluding hydrogens is 214 g/mol. The van der Waals surface area contributed by atoms with Crippen LogP contribution >= 0.6 is 0 Å². The van der Waals surface area contributed by atoms with E-state index in [-0.39, 0.29) is 5.92 Å². The van der Waals surface area contributed by atoms with Crippen molar-refractivity contribution in [3.8, 4) is 0 Å². The first kappa shape index (κ1) is 12.1. The Morgan fingerprint density at radius 2 is 1.87 bits per heavy atom. The van der Waals surface area contributed by atoms with Gasteiger partial charge in [-0.25, -0.2) is 13.6 Å². The average molecular weight is 229 g/mol. The Kier molecular flexibility index (Phi) is 3.41. The van der Waals surface area contributed by atoms with Crippen LogP contribution in [0.25, 0.3) is 0 Å². The van der Waals surface area contributed by atoms with E-state index in [4.69, 9.17) is 5.14 Å². The summed E-state index contributed by atoms with van der Waals surface area (Å²) in [5.74, 6) is -0.256. The number of primary sulfonamides is 1. The fourth-order valence-electron chi connectivity index (χ4n) is 1.16. The number of hydrogen-bond acceptors (Lipinski definition) is 4. The van der Waals surface area contributed by atoms with Gasteiger partial charge in [-0.3, -0.25) is 9.97 Å². The molecule has 5 nitrogen and oxygen atoms in total. The van der Waals surface area contributed by atoms with Crippen LogP contribution in [0.3, 0.4) is 0 Å². The van der Waals surface area contributed by atoms with E-state index in [1.54, 1.807) is 26.2 Å². The molecule has 0 radical (unpaired) electrons. The fourth-order valence-corrected chi connectivity index (χ4v) is 1.87. The molecule has 1 heterocycles. The van der Waals surface area contributed by atoms with Crippen molar-refractivity contribution < 1.29 is 8.42 Å². The van der Waals surface area contributed by atoms with Gasteiger partial charge in [0, 0.05) is 18.3 Å². The van der Waals surface area contributed by atoms with Gasteiger partial charge in [-0.2, -0.15) is 0 Å². The van der Waals surface area contributed by atoms with Crippen molar-refractivity contribution in [1.29, 1.82) is 0 Å². The molecule has 0 saturated carbocycles. The van der Waals surface area contributed by atoms with Gasteiger partial charge in [-0.05, 0) is 13.8 Å². The molecule has 1 aromatic heterocycles. The van der Waals surface area contributed by atoms with Gasteiger partial charge in [-0.15, -0.1) is 0 Å². The van der Waals surface area contributed by atoms with Crippen LogP contribution in [-0.4, -0.2) is 23.6 Å². The van der Waals surface area contributed by atoms with Crippen LogP contribution in [0.2, 0.25) is 0 Å². The van der Waals surface area contributed by atoms with Gasteiger partial charge in [0.2, 0.25) is 10.0 Å². The Morgan fingerprint density at radius 1 is 1.27 bits per heavy atom. The minimum Gasteiger partial charge on any atom is -0.258 e. The van der Waals surface area contributed by atoms with Crippen molar-refractivity contribution in [2.45, 2.75) is 31.9 Å². The number of hydrogen-bond donors (Lipinski definition) is 1. The van der Waals surface area contributed by atoms with E-state index in [2.05, 4.69) is 9.97 Å². The minimum absolute atomic E-state index is 0.256. The van der Waals surface area contributed by atoms with E-state index in [1.807, 2.05) is 6.92 Å². The summed E-state index contributed by atoms with van der Waals surface area (Å²) in [7, 11) is -3.53. The number of nitrogens with zero attached hydrogens (tertiary/aromatic N) is 2. The van der Waals surface area contributed by atoms with Crippen LogP contribution in [0, 0.1) is 6.92 Å². The van der Waals surface area contributed by atoms with Gasteiger partial charge in [0.1, 0.15) is 0 Å². The average Bonchev–Trinajstić information content (AvgIpc) is 2.15. The zero-order valence-corrected chi connectivity index (χ0v) is 9.82. The van der Waals surface area contributed by atoms with Crippen molar-refractivity contribution in [2.75, 3.05) is 0 Å². The highest BCUT2D eigenvalue weighted by Crippen LogP contribution is 2.20. The summed E-state index contributed by atoms with van der Waals surface area (Å²) in [6.07, 6.45) is 3.20. The highest BCUT2D eigenvalue weighted by molar-refractivity contribution is 7.89. The van der Waals surface area contributed by atoms with Crippen molar-refractivity contribution in [3.63, 3.8) is 0 Å². The SMILES string of the molecule is Cc1cnc([C@@H](C)[C@H](C)S(N)(=O)=O)cn1. The Morgan fingerprint density at radius 3 is 2.27 bits per heavy atom. The van der Waals surface area contributed by atoms with E-state index in [0.717, 1.165) is 5.69 Å². The summed E-state index contributed by atoms with van der Waals surface area (Å²) in [5.41, 5.74) is 1.44. The molecule has 0 fully saturated rings. The molecule has 0 aromatic carbocycles. The Bertz CT molecular complexity index is 427. The van der Waals surface area contributed by atoms with Crippen molar-refractivity contribution >= 4 is 10.0 Å². The maximum Gasteiger partial charge on any atom is 0.212 e. The Balaban J connectivity index is 2.95. The molecule has 0 bridgehead atoms. The third kappa shape index (κ3) is 2.97. The highest BCUT2D eigenvalue weighted by Gasteiger charge is 2.25. The van der Waals surface area contributed by atoms with Gasteiger partial charge in [0.25, 0.3) is 0 Å². The summed E-state index contributed by atoms with van der Waals surface area (Å²) in [6.45, 7) is 5.17. The van der Waals surface area contributed by atoms with Crippen LogP contribution in [0.4, 0.5) is 0 Å². The molecule has 0 aliphatic heterocycles. The summed E-state index contributed by atoms with van der Waals surface area (Å²) >= 11 is 0. The minimum atomic E-state index is -3.53. The van der Waals surface area contributed by atoms with E-state index >= 15 is 0 Å². The summed E-state index contributed by atoms with van der Waals surface area (Å²) in [4.78, 5) is 8.20. The first-order chi connectivity index (χ1) is 6.82. The molecule has 0 aliphatic carbocycles. The molecule has 1 rings (SSSR count). The lowest BCUT2D eigenvalue weighted by Gasteiger charge is -2.16. The van der Waals surface area contributed by atoms with Crippen LogP contribution in [0.5, 0.6) is 0 Å². The standard InChI is InChI=1S/C9H15N3O2S/c1-6-4-12-9(5-11-6)7(2)8(3)15(10,13)14/h4-5,7-8H,1-3H3,(H2,10,13,14)/t7-,8-/m0/s1. The molecule has 0 spiro atoms. The van der Waals surface area contributed by atoms with Crippen molar-refractivity contribution in [3.05, 3.63) is 23.8 Å². The molecule has 0 aliphatic rings. The molecule has 1 aromatic rings. The van der Waals surface area contributed by atoms with E-state index in [0.29, 0.717) is 5.69 Å². The predicted octanol–water partition coefficient (Wildman–Crippen LogP) is 0.566. The van der Waals surface area contributed by atoms with Crippen molar-refractivity contribution in [1.82, 2.24) is 9.97 Å². The van der Waals surface area contributed by atoms with Gasteiger partial charge in [0.05, 0.1) is 16.6 Å². The molecule has 0 amide bonds. The lowest BCUT2D eigenvalue weighted by Crippen LogP contribution is -2.30. The lowest BCUT2D eigenvalue weighted by molar-refractivity contribution is 0.568. The second kappa shape index (κ2) is 4.24. The van der Waals surface area contributed by atoms with Crippen LogP contribution in [0.1, 0.15) is 31.2 Å². The third-order valence-corrected chi connectivity index (χ3v) is 3.93. The van der Waals surface area contributed by atoms with Gasteiger partial charge in [0.15, 0.2) is 0 Å². The Labute approximate surface area is 89.8 Å². The largest absolute Gasteiger partial charge is 0.258 e. The summed E-state index contributed by atoms with van der Waals surface area (Å²) in [5, 5.41) is 4.41. The Hall–Kier alpha value is -1.01. The maximum atomic E-state index is 11.1. The third-order valence-electron chi connectivity index (χ3n) is 2.49. The fraction of sp³-hybridized carbons (Fsp3) is 0.556. The number of rotatable bonds is 3. The zero-order valence-electron chi connectivity index (χ0n) is 9.01. The monoisotopic (exact) mass is 229 g/mol. The van der Waals surface area contributed by atoms with Crippen molar-refractivity contribution in [2.24, 2.45) is 5.14 Å². The van der Waals surface area contributed by atoms with Gasteiger partial charge < -0.3 is 0 Å². The van der Waals surface area contributed by atoms with Crippen LogP contribution in [-0.2, 0) is 10.0 Å². The zero-order chi connectivity index (χ0) is 11.6. The smallest absolute Gasteiger partial charge is 0.212 e. The quantitative estimate of drug-likeness (QED) is 0.820. The second-order valence-electron chi connectivity index (χ2n) is 3.67. The molecule has 6 heteroatoms. The van der Waals surface area contributed by atoms with E-state index in [1.165, 1.54) is 0 Å². The summed E-state index contributed by atoms with van der Waals surface area (Å²) < 4.78 is 22.3. The van der Waals surface area contributed by atoms with E-state index in [9.17, 15) is 8.42 Å². The highest BCUT2D eigenvalue weighted by atomic mass is 32.2. The predicted molar refractivity (Wildman–Crippen MR) is 57.8 cm³/mol. The summed E-state index contributed by atoms with van der Waals surface area (Å²) in [6, 6.07) is 0. The first-order valence-corrected chi connectivity index (χ1v) is 6.23. The van der Waals surface area contributed by atoms with Gasteiger partial charge >= 0.3 is 0 Å². The van der Waals surface area contributed by atoms with E-state index < -0.39 is 15.3 Å². The molecular formula is C9H15N3O2S. The van der Waals surface area contributed by atoms with Gasteiger partial charge in [-0.1, -0.05) is 6.92 Å². The molecule has 84 valence electrons. The van der Waals surface area contributed by atoms with Crippen LogP contribution in [0.15, 0.2) is 12.4 Å². The molecule has 0 unspecified atom stereocenters.